The quantitative estimate of drug-likeness (QED) is 0.173. The van der Waals surface area contributed by atoms with E-state index in [4.69, 9.17) is 18.9 Å². The third kappa shape index (κ3) is 12.1. The van der Waals surface area contributed by atoms with Gasteiger partial charge in [0.2, 0.25) is 11.8 Å². The molecule has 0 radical (unpaired) electrons. The first kappa shape index (κ1) is 50.7. The summed E-state index contributed by atoms with van der Waals surface area (Å²) in [6.45, 7) is 2.68. The minimum atomic E-state index is -0.938. The van der Waals surface area contributed by atoms with Crippen LogP contribution in [0.4, 0.5) is 0 Å². The fourth-order valence-electron chi connectivity index (χ4n) is 10.4. The Balaban J connectivity index is 0.959. The second kappa shape index (κ2) is 23.5. The first-order chi connectivity index (χ1) is 35.0. The normalized spacial score (nSPS) is 27.8. The zero-order chi connectivity index (χ0) is 50.1. The molecule has 0 spiro atoms. The zero-order valence-electron chi connectivity index (χ0n) is 40.4. The van der Waals surface area contributed by atoms with Gasteiger partial charge in [-0.2, -0.15) is 0 Å². The van der Waals surface area contributed by atoms with E-state index in [0.29, 0.717) is 87.3 Å². The van der Waals surface area contributed by atoms with Crippen LogP contribution in [-0.2, 0) is 32.2 Å². The molecule has 4 fully saturated rings. The van der Waals surface area contributed by atoms with Crippen LogP contribution in [0.25, 0.3) is 0 Å². The van der Waals surface area contributed by atoms with Crippen molar-refractivity contribution in [2.75, 3.05) is 65.6 Å². The maximum absolute atomic E-state index is 14.6. The predicted molar refractivity (Wildman–Crippen MR) is 263 cm³/mol. The van der Waals surface area contributed by atoms with Gasteiger partial charge in [-0.15, -0.1) is 0 Å². The molecular weight excluding hydrogens is 925 g/mol. The van der Waals surface area contributed by atoms with Crippen molar-refractivity contribution in [3.05, 3.63) is 119 Å². The number of para-hydroxylation sites is 4. The largest absolute Gasteiger partial charge is 0.508 e. The number of hydrogen-bond acceptors (Lipinski definition) is 14. The maximum atomic E-state index is 14.6. The molecule has 8 atom stereocenters. The van der Waals surface area contributed by atoms with Gasteiger partial charge in [-0.25, -0.2) is 0 Å². The summed E-state index contributed by atoms with van der Waals surface area (Å²) >= 11 is 0. The van der Waals surface area contributed by atoms with E-state index in [1.807, 2.05) is 34.1 Å². The molecule has 4 aromatic rings. The van der Waals surface area contributed by atoms with E-state index in [1.165, 1.54) is 0 Å². The first-order valence-electron chi connectivity index (χ1n) is 25.3. The standard InChI is InChI=1S/C54H66N6O12/c61-43-13-5-1-9-35(43)31-57-23-25-59-41(33-57)51(65)55-29-49-45(63)19-17-37(71-49)22-28-70-48-16-8-4-12-40(48)54(68)60-26-24-58(32-36-10-2-6-14-44(36)62)34-42(60)52(66)56-30-50-46(64)20-18-38(72-50)21-27-69-47-15-7-3-11-39(47)53(59)67/h1-16,37-38,41-42,45-46,49-50,61-64H,17-34H2,(H,55,65)(H,56,66)/t37-,38-,41-,42-,45-,46-,49+,50+/m0/s1. The number of fused-ring (bicyclic) bond motifs is 8. The number of aliphatic hydroxyl groups excluding tert-OH is 2. The average molecular weight is 991 g/mol. The first-order valence-corrected chi connectivity index (χ1v) is 25.3. The minimum absolute atomic E-state index is 0.0119. The number of hydrogen-bond donors (Lipinski definition) is 6. The third-order valence-corrected chi connectivity index (χ3v) is 14.6. The van der Waals surface area contributed by atoms with E-state index >= 15 is 0 Å². The number of nitrogens with one attached hydrogen (secondary N) is 2. The van der Waals surface area contributed by atoms with Gasteiger partial charge in [0, 0.05) is 89.4 Å². The molecule has 5 aliphatic rings. The number of carbonyl (C=O) groups is 4. The number of benzene rings is 4. The molecule has 5 heterocycles. The monoisotopic (exact) mass is 990 g/mol. The van der Waals surface area contributed by atoms with Crippen LogP contribution in [0.15, 0.2) is 97.1 Å². The molecule has 18 nitrogen and oxygen atoms in total. The Kier molecular flexibility index (Phi) is 16.5. The van der Waals surface area contributed by atoms with E-state index in [0.717, 1.165) is 0 Å². The molecule has 5 aliphatic heterocycles. The van der Waals surface area contributed by atoms with Gasteiger partial charge >= 0.3 is 0 Å². The van der Waals surface area contributed by atoms with Crippen LogP contribution >= 0.6 is 0 Å². The highest BCUT2D eigenvalue weighted by Gasteiger charge is 2.40. The second-order valence-electron chi connectivity index (χ2n) is 19.4. The fraction of sp³-hybridized carbons (Fsp3) is 0.481. The maximum Gasteiger partial charge on any atom is 0.258 e. The highest BCUT2D eigenvalue weighted by Crippen LogP contribution is 2.30. The molecule has 0 aliphatic carbocycles. The smallest absolute Gasteiger partial charge is 0.258 e. The minimum Gasteiger partial charge on any atom is -0.508 e. The molecule has 9 rings (SSSR count). The lowest BCUT2D eigenvalue weighted by Crippen LogP contribution is -2.61. The topological polar surface area (TPSA) is 223 Å². The number of phenolic OH excluding ortho intramolecular Hbond substituents is 2. The number of rotatable bonds is 4. The summed E-state index contributed by atoms with van der Waals surface area (Å²) in [6.07, 6.45) is -1.13. The second-order valence-corrected chi connectivity index (χ2v) is 19.4. The third-order valence-electron chi connectivity index (χ3n) is 14.6. The predicted octanol–water partition coefficient (Wildman–Crippen LogP) is 3.05. The number of ether oxygens (including phenoxy) is 4. The van der Waals surface area contributed by atoms with Crippen LogP contribution in [0, 0.1) is 0 Å². The van der Waals surface area contributed by atoms with Crippen LogP contribution < -0.4 is 20.1 Å². The Hall–Kier alpha value is -6.28. The van der Waals surface area contributed by atoms with E-state index in [-0.39, 0.29) is 99.1 Å². The van der Waals surface area contributed by atoms with Crippen molar-refractivity contribution < 1.29 is 58.6 Å². The van der Waals surface area contributed by atoms with Crippen molar-refractivity contribution in [3.63, 3.8) is 0 Å². The summed E-state index contributed by atoms with van der Waals surface area (Å²) < 4.78 is 25.4. The molecule has 4 aromatic carbocycles. The van der Waals surface area contributed by atoms with E-state index in [2.05, 4.69) is 10.6 Å². The highest BCUT2D eigenvalue weighted by molar-refractivity contribution is 6.00. The number of amides is 4. The van der Waals surface area contributed by atoms with Gasteiger partial charge in [0.1, 0.15) is 47.3 Å². The van der Waals surface area contributed by atoms with E-state index in [1.54, 1.807) is 82.6 Å². The summed E-state index contributed by atoms with van der Waals surface area (Å²) in [6, 6.07) is 26.0. The molecule has 72 heavy (non-hydrogen) atoms. The number of phenols is 2. The number of piperazine rings is 2. The molecule has 6 N–H and O–H groups in total. The van der Waals surface area contributed by atoms with Crippen molar-refractivity contribution in [3.8, 4) is 23.0 Å². The van der Waals surface area contributed by atoms with Crippen molar-refractivity contribution >= 4 is 23.6 Å². The Morgan fingerprint density at radius 2 is 0.903 bits per heavy atom. The summed E-state index contributed by atoms with van der Waals surface area (Å²) in [7, 11) is 0. The van der Waals surface area contributed by atoms with Crippen LogP contribution in [0.2, 0.25) is 0 Å². The van der Waals surface area contributed by atoms with Gasteiger partial charge in [-0.05, 0) is 62.1 Å². The molecule has 0 saturated carbocycles. The number of aliphatic hydroxyl groups is 2. The van der Waals surface area contributed by atoms with Crippen molar-refractivity contribution in [1.82, 2.24) is 30.2 Å². The SMILES string of the molecule is O=C1NC[C@H]2O[C@H](CCOc3ccccc3C(=O)N3CCN(Cc4ccccc4O)C[C@H]3C(=O)NC[C@H]3O[C@H](CCOc4ccccc4C(=O)N4CCN(Cc5ccccc5O)C[C@@H]14)CC[C@@H]3O)CC[C@@H]2O. The molecule has 4 saturated heterocycles. The lowest BCUT2D eigenvalue weighted by Gasteiger charge is -2.41. The Morgan fingerprint density at radius 1 is 0.500 bits per heavy atom. The molecule has 384 valence electrons. The molecule has 4 amide bonds. The molecule has 4 bridgehead atoms. The summed E-state index contributed by atoms with van der Waals surface area (Å²) in [5, 5.41) is 49.4. The molecule has 0 aromatic heterocycles. The summed E-state index contributed by atoms with van der Waals surface area (Å²) in [5.41, 5.74) is 1.96. The summed E-state index contributed by atoms with van der Waals surface area (Å²) in [4.78, 5) is 65.1. The van der Waals surface area contributed by atoms with Crippen LogP contribution in [0.5, 0.6) is 23.0 Å². The molecular formula is C54H66N6O12. The zero-order valence-corrected chi connectivity index (χ0v) is 40.4. The Morgan fingerprint density at radius 3 is 1.33 bits per heavy atom. The van der Waals surface area contributed by atoms with Crippen LogP contribution in [-0.4, -0.2) is 178 Å². The van der Waals surface area contributed by atoms with Crippen molar-refractivity contribution in [2.24, 2.45) is 0 Å². The summed E-state index contributed by atoms with van der Waals surface area (Å²) in [5.74, 6) is -0.645. The van der Waals surface area contributed by atoms with Crippen molar-refractivity contribution in [1.29, 1.82) is 0 Å². The number of nitrogens with zero attached hydrogens (tertiary/aromatic N) is 4. The molecule has 0 unspecified atom stereocenters. The average Bonchev–Trinajstić information content (AvgIpc) is 3.39. The highest BCUT2D eigenvalue weighted by atomic mass is 16.5. The van der Waals surface area contributed by atoms with Gasteiger partial charge < -0.3 is 59.8 Å². The number of carbonyl (C=O) groups excluding carboxylic acids is 4. The Bertz CT molecular complexity index is 2360. The van der Waals surface area contributed by atoms with Crippen LogP contribution in [0.1, 0.15) is 70.4 Å². The van der Waals surface area contributed by atoms with Gasteiger partial charge in [-0.3, -0.25) is 29.0 Å². The van der Waals surface area contributed by atoms with Gasteiger partial charge in [0.25, 0.3) is 11.8 Å². The lowest BCUT2D eigenvalue weighted by atomic mass is 9.99. The van der Waals surface area contributed by atoms with Gasteiger partial charge in [0.05, 0.1) is 48.8 Å². The number of aromatic hydroxyl groups is 2. The van der Waals surface area contributed by atoms with Crippen molar-refractivity contribution in [2.45, 2.75) is 100 Å². The van der Waals surface area contributed by atoms with E-state index < -0.39 is 48.3 Å². The molecule has 18 heteroatoms. The van der Waals surface area contributed by atoms with Crippen LogP contribution in [0.3, 0.4) is 0 Å². The van der Waals surface area contributed by atoms with E-state index in [9.17, 15) is 39.6 Å². The lowest BCUT2D eigenvalue weighted by molar-refractivity contribution is -0.135. The Labute approximate surface area is 419 Å². The van der Waals surface area contributed by atoms with Gasteiger partial charge in [-0.1, -0.05) is 60.7 Å². The van der Waals surface area contributed by atoms with Gasteiger partial charge in [0.15, 0.2) is 0 Å². The fourth-order valence-corrected chi connectivity index (χ4v) is 10.4.